The van der Waals surface area contributed by atoms with Crippen molar-refractivity contribution in [3.8, 4) is 0 Å². The molecule has 9 N–H and O–H groups in total. The number of primary amides is 1. The molecule has 1 heterocycles. The van der Waals surface area contributed by atoms with Crippen LogP contribution in [0.3, 0.4) is 0 Å². The van der Waals surface area contributed by atoms with Gasteiger partial charge in [-0.2, -0.15) is 0 Å². The summed E-state index contributed by atoms with van der Waals surface area (Å²) in [5.74, 6) is -6.03. The van der Waals surface area contributed by atoms with E-state index in [9.17, 15) is 33.9 Å². The predicted octanol–water partition coefficient (Wildman–Crippen LogP) is -3.52. The Hall–Kier alpha value is -3.26. The zero-order valence-corrected chi connectivity index (χ0v) is 17.5. The quantitative estimate of drug-likeness (QED) is 0.152. The number of aliphatic hydroxyl groups is 1. The summed E-state index contributed by atoms with van der Waals surface area (Å²) in [5.41, 5.74) is 10.6. The van der Waals surface area contributed by atoms with Gasteiger partial charge in [0.15, 0.2) is 0 Å². The average molecular weight is 459 g/mol. The number of hydrogen-bond donors (Lipinski definition) is 7. The molecule has 0 radical (unpaired) electrons. The molecule has 5 unspecified atom stereocenters. The van der Waals surface area contributed by atoms with Crippen LogP contribution in [-0.4, -0.2) is 92.6 Å². The van der Waals surface area contributed by atoms with Crippen molar-refractivity contribution in [2.45, 2.75) is 69.3 Å². The van der Waals surface area contributed by atoms with Crippen molar-refractivity contribution >= 4 is 35.6 Å². The summed E-state index contributed by atoms with van der Waals surface area (Å²) in [7, 11) is 0. The lowest BCUT2D eigenvalue weighted by Crippen LogP contribution is -2.59. The third-order valence-corrected chi connectivity index (χ3v) is 4.91. The molecule has 14 nitrogen and oxygen atoms in total. The van der Waals surface area contributed by atoms with Crippen LogP contribution in [0.5, 0.6) is 0 Å². The molecule has 0 spiro atoms. The van der Waals surface area contributed by atoms with E-state index in [0.29, 0.717) is 6.42 Å². The van der Waals surface area contributed by atoms with E-state index in [0.717, 1.165) is 4.90 Å². The van der Waals surface area contributed by atoms with Crippen LogP contribution in [0.15, 0.2) is 0 Å². The molecule has 1 aliphatic heterocycles. The molecule has 1 aliphatic rings. The summed E-state index contributed by atoms with van der Waals surface area (Å²) >= 11 is 0. The topological polar surface area (TPSA) is 242 Å². The number of aliphatic hydroxyl groups excluding tert-OH is 1. The third kappa shape index (κ3) is 7.77. The molecular formula is C18H29N5O9. The van der Waals surface area contributed by atoms with Gasteiger partial charge in [-0.1, -0.05) is 0 Å². The van der Waals surface area contributed by atoms with Gasteiger partial charge in [-0.15, -0.1) is 0 Å². The van der Waals surface area contributed by atoms with Gasteiger partial charge in [-0.3, -0.25) is 24.0 Å². The first-order valence-corrected chi connectivity index (χ1v) is 9.92. The Balaban J connectivity index is 2.90. The summed E-state index contributed by atoms with van der Waals surface area (Å²) in [6.07, 6.45) is -1.97. The second-order valence-electron chi connectivity index (χ2n) is 7.53. The SMILES string of the molecule is CC(O)C(NC(=O)C(N)CCC(=O)O)C(=O)N1CCCC1C(=O)NC(CC(N)=O)C(=O)O. The number of carboxylic acids is 2. The van der Waals surface area contributed by atoms with Crippen LogP contribution in [0.4, 0.5) is 0 Å². The van der Waals surface area contributed by atoms with E-state index in [1.807, 2.05) is 0 Å². The Bertz CT molecular complexity index is 757. The summed E-state index contributed by atoms with van der Waals surface area (Å²) in [6, 6.07) is -5.36. The molecule has 1 saturated heterocycles. The lowest BCUT2D eigenvalue weighted by Gasteiger charge is -2.31. The van der Waals surface area contributed by atoms with Crippen LogP contribution in [0.2, 0.25) is 0 Å². The van der Waals surface area contributed by atoms with Gasteiger partial charge in [0.25, 0.3) is 0 Å². The number of hydrogen-bond acceptors (Lipinski definition) is 8. The minimum atomic E-state index is -1.57. The van der Waals surface area contributed by atoms with Crippen LogP contribution in [0.1, 0.15) is 39.0 Å². The van der Waals surface area contributed by atoms with Gasteiger partial charge in [0.05, 0.1) is 18.6 Å². The fourth-order valence-corrected chi connectivity index (χ4v) is 3.21. The summed E-state index contributed by atoms with van der Waals surface area (Å²) in [5, 5.41) is 32.3. The molecule has 0 bridgehead atoms. The maximum Gasteiger partial charge on any atom is 0.326 e. The highest BCUT2D eigenvalue weighted by atomic mass is 16.4. The number of nitrogens with zero attached hydrogens (tertiary/aromatic N) is 1. The minimum absolute atomic E-state index is 0.106. The van der Waals surface area contributed by atoms with Crippen molar-refractivity contribution in [3.63, 3.8) is 0 Å². The molecule has 4 amide bonds. The van der Waals surface area contributed by atoms with Crippen molar-refractivity contribution < 1.29 is 44.1 Å². The molecule has 1 fully saturated rings. The predicted molar refractivity (Wildman–Crippen MR) is 107 cm³/mol. The summed E-state index contributed by atoms with van der Waals surface area (Å²) in [6.45, 7) is 1.35. The highest BCUT2D eigenvalue weighted by molar-refractivity contribution is 5.95. The van der Waals surface area contributed by atoms with Gasteiger partial charge in [0.2, 0.25) is 23.6 Å². The van der Waals surface area contributed by atoms with Crippen LogP contribution in [-0.2, 0) is 28.8 Å². The standard InChI is InChI=1S/C18H29N5O9/c1-8(24)14(22-15(28)9(19)4-5-13(26)27)17(30)23-6-2-3-11(23)16(29)21-10(18(31)32)7-12(20)25/h8-11,14,24H,2-7,19H2,1H3,(H2,20,25)(H,21,29)(H,22,28)(H,26,27)(H,31,32). The Morgan fingerprint density at radius 3 is 2.25 bits per heavy atom. The molecule has 0 aromatic heterocycles. The van der Waals surface area contributed by atoms with E-state index in [1.54, 1.807) is 0 Å². The second kappa shape index (κ2) is 12.0. The van der Waals surface area contributed by atoms with Crippen LogP contribution in [0.25, 0.3) is 0 Å². The molecule has 180 valence electrons. The highest BCUT2D eigenvalue weighted by Crippen LogP contribution is 2.20. The number of nitrogens with one attached hydrogen (secondary N) is 2. The number of amides is 4. The highest BCUT2D eigenvalue weighted by Gasteiger charge is 2.40. The Morgan fingerprint density at radius 1 is 1.12 bits per heavy atom. The summed E-state index contributed by atoms with van der Waals surface area (Å²) < 4.78 is 0. The molecule has 0 saturated carbocycles. The maximum absolute atomic E-state index is 13.0. The number of carbonyl (C=O) groups is 6. The smallest absolute Gasteiger partial charge is 0.326 e. The largest absolute Gasteiger partial charge is 0.481 e. The van der Waals surface area contributed by atoms with E-state index < -0.39 is 72.3 Å². The molecule has 14 heteroatoms. The van der Waals surface area contributed by atoms with Gasteiger partial charge >= 0.3 is 11.9 Å². The van der Waals surface area contributed by atoms with Gasteiger partial charge in [0.1, 0.15) is 18.1 Å². The number of carboxylic acid groups (broad SMARTS) is 2. The van der Waals surface area contributed by atoms with Crippen molar-refractivity contribution in [2.24, 2.45) is 11.5 Å². The molecule has 32 heavy (non-hydrogen) atoms. The fourth-order valence-electron chi connectivity index (χ4n) is 3.21. The number of carbonyl (C=O) groups excluding carboxylic acids is 4. The van der Waals surface area contributed by atoms with Crippen LogP contribution in [0, 0.1) is 0 Å². The van der Waals surface area contributed by atoms with Crippen molar-refractivity contribution in [2.75, 3.05) is 6.54 Å². The van der Waals surface area contributed by atoms with E-state index in [1.165, 1.54) is 6.92 Å². The number of likely N-dealkylation sites (tertiary alicyclic amines) is 1. The van der Waals surface area contributed by atoms with Gasteiger partial charge in [0, 0.05) is 13.0 Å². The first-order chi connectivity index (χ1) is 14.8. The first-order valence-electron chi connectivity index (χ1n) is 9.92. The third-order valence-electron chi connectivity index (χ3n) is 4.91. The lowest BCUT2D eigenvalue weighted by atomic mass is 10.1. The number of rotatable bonds is 12. The zero-order valence-electron chi connectivity index (χ0n) is 17.5. The normalized spacial score (nSPS) is 19.3. The van der Waals surface area contributed by atoms with E-state index in [4.69, 9.17) is 21.7 Å². The molecule has 5 atom stereocenters. The minimum Gasteiger partial charge on any atom is -0.481 e. The fraction of sp³-hybridized carbons (Fsp3) is 0.667. The Labute approximate surface area is 183 Å². The number of nitrogens with two attached hydrogens (primary N) is 2. The van der Waals surface area contributed by atoms with E-state index in [-0.39, 0.29) is 25.8 Å². The average Bonchev–Trinajstić information content (AvgIpc) is 3.18. The van der Waals surface area contributed by atoms with Gasteiger partial charge in [-0.05, 0) is 26.2 Å². The lowest BCUT2D eigenvalue weighted by molar-refractivity contribution is -0.146. The van der Waals surface area contributed by atoms with Crippen molar-refractivity contribution in [1.29, 1.82) is 0 Å². The molecule has 0 aromatic carbocycles. The molecular weight excluding hydrogens is 430 g/mol. The van der Waals surface area contributed by atoms with Gasteiger partial charge < -0.3 is 42.3 Å². The van der Waals surface area contributed by atoms with Crippen LogP contribution < -0.4 is 22.1 Å². The monoisotopic (exact) mass is 459 g/mol. The van der Waals surface area contributed by atoms with Crippen molar-refractivity contribution in [3.05, 3.63) is 0 Å². The summed E-state index contributed by atoms with van der Waals surface area (Å²) in [4.78, 5) is 71.8. The van der Waals surface area contributed by atoms with Crippen molar-refractivity contribution in [1.82, 2.24) is 15.5 Å². The van der Waals surface area contributed by atoms with E-state index in [2.05, 4.69) is 10.6 Å². The van der Waals surface area contributed by atoms with Crippen LogP contribution >= 0.6 is 0 Å². The molecule has 1 rings (SSSR count). The Kier molecular flexibility index (Phi) is 10.00. The van der Waals surface area contributed by atoms with E-state index >= 15 is 0 Å². The maximum atomic E-state index is 13.0. The Morgan fingerprint density at radius 2 is 1.75 bits per heavy atom. The number of aliphatic carboxylic acids is 2. The zero-order chi connectivity index (χ0) is 24.6. The second-order valence-corrected chi connectivity index (χ2v) is 7.53. The molecule has 0 aromatic rings. The van der Waals surface area contributed by atoms with Gasteiger partial charge in [-0.25, -0.2) is 4.79 Å². The first kappa shape index (κ1) is 26.8. The molecule has 0 aliphatic carbocycles.